The van der Waals surface area contributed by atoms with Gasteiger partial charge in [0.2, 0.25) is 0 Å². The molecule has 0 spiro atoms. The molecule has 1 fully saturated rings. The van der Waals surface area contributed by atoms with Gasteiger partial charge in [-0.1, -0.05) is 12.1 Å². The van der Waals surface area contributed by atoms with Gasteiger partial charge >= 0.3 is 6.18 Å². The monoisotopic (exact) mass is 414 g/mol. The fourth-order valence-corrected chi connectivity index (χ4v) is 4.61. The van der Waals surface area contributed by atoms with Gasteiger partial charge in [-0.05, 0) is 55.0 Å². The highest BCUT2D eigenvalue weighted by molar-refractivity contribution is 5.68. The number of hydrogen-bond acceptors (Lipinski definition) is 3. The van der Waals surface area contributed by atoms with Gasteiger partial charge < -0.3 is 9.72 Å². The predicted octanol–water partition coefficient (Wildman–Crippen LogP) is 4.30. The predicted molar refractivity (Wildman–Crippen MR) is 110 cm³/mol. The van der Waals surface area contributed by atoms with Crippen LogP contribution in [0.25, 0.3) is 16.9 Å². The highest BCUT2D eigenvalue weighted by Crippen LogP contribution is 2.33. The smallest absolute Gasteiger partial charge is 0.314 e. The lowest BCUT2D eigenvalue weighted by molar-refractivity contribution is -0.137. The summed E-state index contributed by atoms with van der Waals surface area (Å²) in [5.74, 6) is 0. The van der Waals surface area contributed by atoms with Crippen LogP contribution in [0.2, 0.25) is 0 Å². The van der Waals surface area contributed by atoms with Crippen LogP contribution in [-0.2, 0) is 25.6 Å². The van der Waals surface area contributed by atoms with E-state index in [1.165, 1.54) is 36.2 Å². The van der Waals surface area contributed by atoms with Crippen molar-refractivity contribution in [2.24, 2.45) is 0 Å². The van der Waals surface area contributed by atoms with Gasteiger partial charge in [-0.3, -0.25) is 4.90 Å². The minimum Gasteiger partial charge on any atom is -0.314 e. The number of nitrogens with zero attached hydrogens (tertiary/aromatic N) is 3. The van der Waals surface area contributed by atoms with Crippen LogP contribution in [0.5, 0.6) is 0 Å². The maximum Gasteiger partial charge on any atom is 0.417 e. The fourth-order valence-electron chi connectivity index (χ4n) is 4.61. The molecule has 4 nitrogen and oxygen atoms in total. The van der Waals surface area contributed by atoms with Crippen molar-refractivity contribution in [3.05, 3.63) is 58.9 Å². The van der Waals surface area contributed by atoms with Crippen LogP contribution in [0.1, 0.15) is 35.2 Å². The quantitative estimate of drug-likeness (QED) is 0.694. The molecule has 2 aliphatic rings. The van der Waals surface area contributed by atoms with E-state index in [1.54, 1.807) is 4.40 Å². The molecule has 1 aromatic carbocycles. The Kier molecular flexibility index (Phi) is 5.03. The summed E-state index contributed by atoms with van der Waals surface area (Å²) < 4.78 is 41.8. The van der Waals surface area contributed by atoms with Crippen molar-refractivity contribution in [1.29, 1.82) is 0 Å². The first-order valence-electron chi connectivity index (χ1n) is 10.6. The summed E-state index contributed by atoms with van der Waals surface area (Å²) in [5.41, 5.74) is 5.26. The van der Waals surface area contributed by atoms with Crippen LogP contribution in [0.4, 0.5) is 13.2 Å². The van der Waals surface area contributed by atoms with Crippen molar-refractivity contribution in [3.63, 3.8) is 0 Å². The SMILES string of the molecule is FC(F)(F)c1ccc2nc(-c3ccc4c(c3)CCCC4)c(CN3CCNCC3)n2c1. The molecule has 158 valence electrons. The lowest BCUT2D eigenvalue weighted by Crippen LogP contribution is -2.43. The van der Waals surface area contributed by atoms with E-state index >= 15 is 0 Å². The molecule has 0 amide bonds. The average molecular weight is 414 g/mol. The van der Waals surface area contributed by atoms with E-state index < -0.39 is 11.7 Å². The number of rotatable bonds is 3. The van der Waals surface area contributed by atoms with E-state index in [0.717, 1.165) is 62.0 Å². The molecule has 30 heavy (non-hydrogen) atoms. The molecule has 7 heteroatoms. The van der Waals surface area contributed by atoms with Gasteiger partial charge in [-0.2, -0.15) is 13.2 Å². The number of nitrogens with one attached hydrogen (secondary N) is 1. The summed E-state index contributed by atoms with van der Waals surface area (Å²) in [6.07, 6.45) is 1.38. The van der Waals surface area contributed by atoms with Gasteiger partial charge in [-0.25, -0.2) is 4.98 Å². The molecule has 0 radical (unpaired) electrons. The standard InChI is InChI=1S/C23H25F3N4/c24-23(25,26)19-7-8-21-28-22(18-6-5-16-3-1-2-4-17(16)13-18)20(30(21)14-19)15-29-11-9-27-10-12-29/h5-8,13-14,27H,1-4,9-12,15H2. The average Bonchev–Trinajstić information content (AvgIpc) is 3.11. The number of piperazine rings is 1. The number of alkyl halides is 3. The number of aromatic nitrogens is 2. The van der Waals surface area contributed by atoms with Crippen molar-refractivity contribution in [2.45, 2.75) is 38.4 Å². The Balaban J connectivity index is 1.63. The topological polar surface area (TPSA) is 32.6 Å². The number of hydrogen-bond donors (Lipinski definition) is 1. The first-order chi connectivity index (χ1) is 14.5. The van der Waals surface area contributed by atoms with Crippen molar-refractivity contribution >= 4 is 5.65 Å². The molecule has 0 saturated carbocycles. The van der Waals surface area contributed by atoms with E-state index in [4.69, 9.17) is 4.98 Å². The summed E-state index contributed by atoms with van der Waals surface area (Å²) in [4.78, 5) is 7.05. The fraction of sp³-hybridized carbons (Fsp3) is 0.435. The second-order valence-electron chi connectivity index (χ2n) is 8.27. The lowest BCUT2D eigenvalue weighted by Gasteiger charge is -2.27. The zero-order chi connectivity index (χ0) is 20.7. The molecule has 0 bridgehead atoms. The second kappa shape index (κ2) is 7.71. The van der Waals surface area contributed by atoms with E-state index in [1.807, 2.05) is 0 Å². The van der Waals surface area contributed by atoms with Gasteiger partial charge in [0.25, 0.3) is 0 Å². The zero-order valence-electron chi connectivity index (χ0n) is 16.8. The summed E-state index contributed by atoms with van der Waals surface area (Å²) in [6, 6.07) is 9.04. The van der Waals surface area contributed by atoms with Crippen LogP contribution in [0.15, 0.2) is 36.5 Å². The largest absolute Gasteiger partial charge is 0.417 e. The summed E-state index contributed by atoms with van der Waals surface area (Å²) in [6.45, 7) is 4.10. The van der Waals surface area contributed by atoms with Crippen molar-refractivity contribution in [3.8, 4) is 11.3 Å². The Morgan fingerprint density at radius 1 is 0.967 bits per heavy atom. The minimum absolute atomic E-state index is 0.556. The van der Waals surface area contributed by atoms with Gasteiger partial charge in [0.15, 0.2) is 0 Å². The number of halogens is 3. The van der Waals surface area contributed by atoms with Crippen LogP contribution < -0.4 is 5.32 Å². The van der Waals surface area contributed by atoms with Crippen LogP contribution in [-0.4, -0.2) is 40.5 Å². The van der Waals surface area contributed by atoms with Crippen LogP contribution >= 0.6 is 0 Å². The molecular formula is C23H25F3N4. The van der Waals surface area contributed by atoms with E-state index in [2.05, 4.69) is 28.4 Å². The Morgan fingerprint density at radius 2 is 1.73 bits per heavy atom. The minimum atomic E-state index is -4.38. The third-order valence-corrected chi connectivity index (χ3v) is 6.25. The maximum absolute atomic E-state index is 13.4. The molecular weight excluding hydrogens is 389 g/mol. The van der Waals surface area contributed by atoms with E-state index in [-0.39, 0.29) is 0 Å². The molecule has 3 heterocycles. The Bertz CT molecular complexity index is 1060. The van der Waals surface area contributed by atoms with Crippen LogP contribution in [0.3, 0.4) is 0 Å². The Morgan fingerprint density at radius 3 is 2.50 bits per heavy atom. The summed E-state index contributed by atoms with van der Waals surface area (Å²) in [7, 11) is 0. The van der Waals surface area contributed by atoms with Crippen molar-refractivity contribution in [1.82, 2.24) is 19.6 Å². The Labute approximate surface area is 173 Å². The maximum atomic E-state index is 13.4. The van der Waals surface area contributed by atoms with Crippen molar-refractivity contribution in [2.75, 3.05) is 26.2 Å². The van der Waals surface area contributed by atoms with Gasteiger partial charge in [-0.15, -0.1) is 0 Å². The molecule has 1 saturated heterocycles. The molecule has 1 aliphatic carbocycles. The Hall–Kier alpha value is -2.38. The number of aryl methyl sites for hydroxylation is 2. The third kappa shape index (κ3) is 3.72. The van der Waals surface area contributed by atoms with Gasteiger partial charge in [0.1, 0.15) is 5.65 Å². The number of fused-ring (bicyclic) bond motifs is 2. The number of imidazole rings is 1. The second-order valence-corrected chi connectivity index (χ2v) is 8.27. The molecule has 0 unspecified atom stereocenters. The molecule has 5 rings (SSSR count). The first kappa shape index (κ1) is 19.6. The lowest BCUT2D eigenvalue weighted by atomic mass is 9.90. The zero-order valence-corrected chi connectivity index (χ0v) is 16.8. The number of benzene rings is 1. The number of pyridine rings is 1. The van der Waals surface area contributed by atoms with Crippen molar-refractivity contribution < 1.29 is 13.2 Å². The molecule has 2 aromatic heterocycles. The first-order valence-corrected chi connectivity index (χ1v) is 10.6. The molecule has 0 atom stereocenters. The summed E-state index contributed by atoms with van der Waals surface area (Å²) >= 11 is 0. The van der Waals surface area contributed by atoms with Gasteiger partial charge in [0.05, 0.1) is 17.0 Å². The summed E-state index contributed by atoms with van der Waals surface area (Å²) in [5, 5.41) is 3.33. The normalized spacial score (nSPS) is 18.0. The highest BCUT2D eigenvalue weighted by Gasteiger charge is 2.31. The highest BCUT2D eigenvalue weighted by atomic mass is 19.4. The molecule has 3 aromatic rings. The van der Waals surface area contributed by atoms with Gasteiger partial charge in [0, 0.05) is 44.5 Å². The third-order valence-electron chi connectivity index (χ3n) is 6.25. The van der Waals surface area contributed by atoms with E-state index in [0.29, 0.717) is 12.2 Å². The molecule has 1 aliphatic heterocycles. The van der Waals surface area contributed by atoms with Crippen LogP contribution in [0, 0.1) is 0 Å². The van der Waals surface area contributed by atoms with E-state index in [9.17, 15) is 13.2 Å². The molecule has 1 N–H and O–H groups in total.